The summed E-state index contributed by atoms with van der Waals surface area (Å²) in [5, 5.41) is 19.5. The first-order valence-electron chi connectivity index (χ1n) is 8.50. The van der Waals surface area contributed by atoms with Gasteiger partial charge in [-0.05, 0) is 30.0 Å². The number of aliphatic carboxylic acids is 1. The normalized spacial score (nSPS) is 23.1. The number of nitrogens with zero attached hydrogens (tertiary/aromatic N) is 2. The van der Waals surface area contributed by atoms with Crippen molar-refractivity contribution in [3.63, 3.8) is 0 Å². The minimum Gasteiger partial charge on any atom is -0.477 e. The van der Waals surface area contributed by atoms with Crippen LogP contribution in [0.2, 0.25) is 0 Å². The average Bonchev–Trinajstić information content (AvgIpc) is 2.81. The summed E-state index contributed by atoms with van der Waals surface area (Å²) in [6.45, 7) is 2.35. The van der Waals surface area contributed by atoms with E-state index < -0.39 is 12.1 Å². The number of benzene rings is 1. The van der Waals surface area contributed by atoms with Gasteiger partial charge in [-0.15, -0.1) is 0 Å². The fourth-order valence-electron chi connectivity index (χ4n) is 3.71. The minimum absolute atomic E-state index is 0.0305. The maximum atomic E-state index is 11.8. The number of aliphatic hydroxyl groups excluding tert-OH is 1. The molecule has 6 nitrogen and oxygen atoms in total. The molecular weight excluding hydrogens is 320 g/mol. The van der Waals surface area contributed by atoms with E-state index in [0.717, 1.165) is 16.7 Å². The smallest absolute Gasteiger partial charge is 0.352 e. The Balaban J connectivity index is 1.82. The van der Waals surface area contributed by atoms with Crippen molar-refractivity contribution in [1.82, 2.24) is 9.80 Å². The van der Waals surface area contributed by atoms with Gasteiger partial charge >= 0.3 is 5.97 Å². The molecule has 1 amide bonds. The van der Waals surface area contributed by atoms with Crippen molar-refractivity contribution in [3.8, 4) is 0 Å². The summed E-state index contributed by atoms with van der Waals surface area (Å²) in [7, 11) is 3.45. The fraction of sp³-hybridized carbons (Fsp3) is 0.474. The second kappa shape index (κ2) is 6.52. The number of carbonyl (C=O) groups excluding carboxylic acids is 1. The molecule has 0 bridgehead atoms. The predicted octanol–water partition coefficient (Wildman–Crippen LogP) is 1.20. The van der Waals surface area contributed by atoms with E-state index in [4.69, 9.17) is 0 Å². The van der Waals surface area contributed by atoms with Crippen LogP contribution in [-0.2, 0) is 16.0 Å². The van der Waals surface area contributed by atoms with Gasteiger partial charge in [0.25, 0.3) is 0 Å². The van der Waals surface area contributed by atoms with Crippen molar-refractivity contribution in [3.05, 3.63) is 41.1 Å². The van der Waals surface area contributed by atoms with E-state index in [9.17, 15) is 19.8 Å². The number of carboxylic acid groups (broad SMARTS) is 1. The highest BCUT2D eigenvalue weighted by Gasteiger charge is 2.49. The Labute approximate surface area is 147 Å². The van der Waals surface area contributed by atoms with E-state index in [0.29, 0.717) is 25.1 Å². The summed E-state index contributed by atoms with van der Waals surface area (Å²) in [6, 6.07) is 7.60. The lowest BCUT2D eigenvalue weighted by molar-refractivity contribution is -0.136. The molecule has 6 heteroatoms. The molecule has 1 fully saturated rings. The quantitative estimate of drug-likeness (QED) is 0.839. The van der Waals surface area contributed by atoms with Crippen LogP contribution in [0.15, 0.2) is 30.0 Å². The number of rotatable bonds is 5. The van der Waals surface area contributed by atoms with E-state index in [1.165, 1.54) is 0 Å². The minimum atomic E-state index is -0.923. The molecule has 1 aromatic carbocycles. The van der Waals surface area contributed by atoms with Gasteiger partial charge in [0.05, 0.1) is 12.5 Å². The highest BCUT2D eigenvalue weighted by atomic mass is 16.4. The Bertz CT molecular complexity index is 721. The molecule has 2 heterocycles. The van der Waals surface area contributed by atoms with Crippen LogP contribution in [0.25, 0.3) is 5.57 Å². The second-order valence-corrected chi connectivity index (χ2v) is 7.12. The molecule has 134 valence electrons. The number of likely N-dealkylation sites (N-methyl/N-ethyl adjacent to an activating group) is 1. The van der Waals surface area contributed by atoms with E-state index in [1.54, 1.807) is 25.9 Å². The molecule has 0 spiro atoms. The summed E-state index contributed by atoms with van der Waals surface area (Å²) < 4.78 is 0. The van der Waals surface area contributed by atoms with Gasteiger partial charge in [0.15, 0.2) is 0 Å². The topological polar surface area (TPSA) is 81.1 Å². The molecule has 3 rings (SSSR count). The molecule has 1 aromatic rings. The third-order valence-corrected chi connectivity index (χ3v) is 5.27. The lowest BCUT2D eigenvalue weighted by atomic mass is 9.83. The maximum absolute atomic E-state index is 11.8. The van der Waals surface area contributed by atoms with E-state index in [2.05, 4.69) is 0 Å². The van der Waals surface area contributed by atoms with Crippen LogP contribution < -0.4 is 0 Å². The summed E-state index contributed by atoms with van der Waals surface area (Å²) in [4.78, 5) is 27.0. The van der Waals surface area contributed by atoms with Gasteiger partial charge in [0.2, 0.25) is 5.91 Å². The second-order valence-electron chi connectivity index (χ2n) is 7.12. The standard InChI is InChI=1S/C19H24N2O4/c1-11(22)15-10-21-16(15)9-14(18(21)19(24)25)13-6-4-12(5-7-13)8-17(23)20(2)3/h4-7,11,15-16,22H,8-10H2,1-3H3,(H,24,25). The number of aliphatic hydroxyl groups is 1. The highest BCUT2D eigenvalue weighted by Crippen LogP contribution is 2.45. The number of hydrogen-bond acceptors (Lipinski definition) is 4. The predicted molar refractivity (Wildman–Crippen MR) is 93.7 cm³/mol. The SMILES string of the molecule is CC(O)C1CN2C(C(=O)O)=C(c3ccc(CC(=O)N(C)C)cc3)CC12. The van der Waals surface area contributed by atoms with Gasteiger partial charge in [-0.25, -0.2) is 4.79 Å². The zero-order valence-electron chi connectivity index (χ0n) is 14.8. The molecule has 3 atom stereocenters. The highest BCUT2D eigenvalue weighted by molar-refractivity contribution is 5.97. The summed E-state index contributed by atoms with van der Waals surface area (Å²) in [5.41, 5.74) is 2.94. The van der Waals surface area contributed by atoms with Crippen molar-refractivity contribution in [2.45, 2.75) is 31.9 Å². The average molecular weight is 344 g/mol. The molecule has 25 heavy (non-hydrogen) atoms. The molecule has 3 unspecified atom stereocenters. The lowest BCUT2D eigenvalue weighted by Crippen LogP contribution is -2.57. The van der Waals surface area contributed by atoms with Crippen molar-refractivity contribution in [2.24, 2.45) is 5.92 Å². The van der Waals surface area contributed by atoms with Crippen molar-refractivity contribution in [1.29, 1.82) is 0 Å². The Kier molecular flexibility index (Phi) is 4.56. The zero-order chi connectivity index (χ0) is 18.3. The molecule has 0 aromatic heterocycles. The van der Waals surface area contributed by atoms with Gasteiger partial charge in [0, 0.05) is 32.6 Å². The van der Waals surface area contributed by atoms with Gasteiger partial charge < -0.3 is 20.0 Å². The van der Waals surface area contributed by atoms with Gasteiger partial charge in [-0.1, -0.05) is 24.3 Å². The third-order valence-electron chi connectivity index (χ3n) is 5.27. The number of amides is 1. The Morgan fingerprint density at radius 1 is 1.28 bits per heavy atom. The molecule has 0 radical (unpaired) electrons. The van der Waals surface area contributed by atoms with Crippen LogP contribution in [0.4, 0.5) is 0 Å². The number of carbonyl (C=O) groups is 2. The number of fused-ring (bicyclic) bond motifs is 1. The van der Waals surface area contributed by atoms with Crippen LogP contribution in [-0.4, -0.2) is 64.7 Å². The number of carboxylic acids is 1. The van der Waals surface area contributed by atoms with E-state index in [1.807, 2.05) is 29.2 Å². The Hall–Kier alpha value is -2.34. The molecule has 2 aliphatic rings. The maximum Gasteiger partial charge on any atom is 0.352 e. The van der Waals surface area contributed by atoms with Crippen LogP contribution in [0.1, 0.15) is 24.5 Å². The van der Waals surface area contributed by atoms with E-state index >= 15 is 0 Å². The number of hydrogen-bond donors (Lipinski definition) is 2. The Morgan fingerprint density at radius 2 is 1.92 bits per heavy atom. The first-order chi connectivity index (χ1) is 11.8. The molecule has 2 N–H and O–H groups in total. The van der Waals surface area contributed by atoms with Gasteiger partial charge in [0.1, 0.15) is 5.70 Å². The molecule has 1 saturated heterocycles. The van der Waals surface area contributed by atoms with Crippen LogP contribution in [0, 0.1) is 5.92 Å². The van der Waals surface area contributed by atoms with Crippen LogP contribution >= 0.6 is 0 Å². The zero-order valence-corrected chi connectivity index (χ0v) is 14.8. The monoisotopic (exact) mass is 344 g/mol. The first kappa shape index (κ1) is 17.5. The molecule has 0 saturated carbocycles. The van der Waals surface area contributed by atoms with Crippen molar-refractivity contribution >= 4 is 17.4 Å². The van der Waals surface area contributed by atoms with E-state index in [-0.39, 0.29) is 17.9 Å². The van der Waals surface area contributed by atoms with Crippen LogP contribution in [0.3, 0.4) is 0 Å². The largest absolute Gasteiger partial charge is 0.477 e. The van der Waals surface area contributed by atoms with Gasteiger partial charge in [-0.3, -0.25) is 4.79 Å². The summed E-state index contributed by atoms with van der Waals surface area (Å²) >= 11 is 0. The third kappa shape index (κ3) is 3.14. The fourth-order valence-corrected chi connectivity index (χ4v) is 3.71. The van der Waals surface area contributed by atoms with Crippen molar-refractivity contribution < 1.29 is 19.8 Å². The summed E-state index contributed by atoms with van der Waals surface area (Å²) in [5.74, 6) is -0.778. The lowest BCUT2D eigenvalue weighted by Gasteiger charge is -2.47. The summed E-state index contributed by atoms with van der Waals surface area (Å²) in [6.07, 6.45) is 0.527. The first-order valence-corrected chi connectivity index (χ1v) is 8.50. The van der Waals surface area contributed by atoms with Crippen molar-refractivity contribution in [2.75, 3.05) is 20.6 Å². The molecular formula is C19H24N2O4. The Morgan fingerprint density at radius 3 is 2.44 bits per heavy atom. The molecule has 2 aliphatic heterocycles. The van der Waals surface area contributed by atoms with Gasteiger partial charge in [-0.2, -0.15) is 0 Å². The molecule has 0 aliphatic carbocycles. The van der Waals surface area contributed by atoms with Crippen LogP contribution in [0.5, 0.6) is 0 Å².